The number of benzene rings is 1. The van der Waals surface area contributed by atoms with E-state index in [1.807, 2.05) is 0 Å². The highest BCUT2D eigenvalue weighted by Gasteiger charge is 2.33. The van der Waals surface area contributed by atoms with Gasteiger partial charge in [0.2, 0.25) is 11.8 Å². The van der Waals surface area contributed by atoms with E-state index in [0.29, 0.717) is 28.6 Å². The lowest BCUT2D eigenvalue weighted by atomic mass is 10.0. The molecule has 1 saturated carbocycles. The number of halogens is 2. The molecular formula is C15H18Cl2N2O3. The lowest BCUT2D eigenvalue weighted by Crippen LogP contribution is -2.40. The molecule has 0 radical (unpaired) electrons. The molecule has 22 heavy (non-hydrogen) atoms. The number of nitrogens with one attached hydrogen (secondary N) is 1. The number of nitrogens with zero attached hydrogens (tertiary/aromatic N) is 1. The molecule has 0 saturated heterocycles. The van der Waals surface area contributed by atoms with Gasteiger partial charge in [0.05, 0.1) is 34.3 Å². The largest absolute Gasteiger partial charge is 0.392 e. The Hall–Kier alpha value is -1.30. The number of hydrogen-bond acceptors (Lipinski definition) is 3. The lowest BCUT2D eigenvalue weighted by Gasteiger charge is -2.22. The van der Waals surface area contributed by atoms with Crippen LogP contribution in [0, 0.1) is 5.92 Å². The Balaban J connectivity index is 1.95. The molecule has 2 amide bonds. The summed E-state index contributed by atoms with van der Waals surface area (Å²) >= 11 is 12.0. The van der Waals surface area contributed by atoms with Gasteiger partial charge in [-0.1, -0.05) is 29.3 Å². The summed E-state index contributed by atoms with van der Waals surface area (Å²) < 4.78 is 0. The van der Waals surface area contributed by atoms with Gasteiger partial charge in [-0.05, 0) is 31.4 Å². The first-order valence-electron chi connectivity index (χ1n) is 7.07. The zero-order chi connectivity index (χ0) is 16.3. The highest BCUT2D eigenvalue weighted by atomic mass is 35.5. The minimum absolute atomic E-state index is 0.121. The molecule has 0 aromatic heterocycles. The maximum Gasteiger partial charge on any atom is 0.244 e. The van der Waals surface area contributed by atoms with Crippen molar-refractivity contribution in [3.8, 4) is 0 Å². The fraction of sp³-hybridized carbons (Fsp3) is 0.467. The molecular weight excluding hydrogens is 327 g/mol. The van der Waals surface area contributed by atoms with E-state index in [2.05, 4.69) is 5.32 Å². The second kappa shape index (κ2) is 7.31. The van der Waals surface area contributed by atoms with Gasteiger partial charge in [-0.25, -0.2) is 0 Å². The Morgan fingerprint density at radius 2 is 1.95 bits per heavy atom. The first-order chi connectivity index (χ1) is 10.4. The van der Waals surface area contributed by atoms with Crippen LogP contribution in [0.2, 0.25) is 10.0 Å². The van der Waals surface area contributed by atoms with Gasteiger partial charge in [-0.3, -0.25) is 9.59 Å². The second-order valence-electron chi connectivity index (χ2n) is 5.44. The number of aliphatic hydroxyl groups is 1. The maximum absolute atomic E-state index is 12.2. The SMILES string of the molecule is CN(CC(=O)Nc1c(Cl)cccc1Cl)C(=O)C1CCCC1O. The average molecular weight is 345 g/mol. The van der Waals surface area contributed by atoms with Crippen molar-refractivity contribution in [3.63, 3.8) is 0 Å². The van der Waals surface area contributed by atoms with E-state index in [-0.39, 0.29) is 12.5 Å². The molecule has 0 bridgehead atoms. The maximum atomic E-state index is 12.2. The summed E-state index contributed by atoms with van der Waals surface area (Å²) in [6.07, 6.45) is 1.50. The number of hydrogen-bond donors (Lipinski definition) is 2. The van der Waals surface area contributed by atoms with Crippen molar-refractivity contribution < 1.29 is 14.7 Å². The van der Waals surface area contributed by atoms with E-state index in [4.69, 9.17) is 23.2 Å². The van der Waals surface area contributed by atoms with Crippen LogP contribution in [0.15, 0.2) is 18.2 Å². The summed E-state index contributed by atoms with van der Waals surface area (Å²) in [5, 5.41) is 13.0. The second-order valence-corrected chi connectivity index (χ2v) is 6.26. The molecule has 120 valence electrons. The number of carbonyl (C=O) groups excluding carboxylic acids is 2. The highest BCUT2D eigenvalue weighted by Crippen LogP contribution is 2.30. The predicted octanol–water partition coefficient (Wildman–Crippen LogP) is 2.55. The fourth-order valence-corrected chi connectivity index (χ4v) is 3.09. The van der Waals surface area contributed by atoms with Crippen LogP contribution in [0.25, 0.3) is 0 Å². The van der Waals surface area contributed by atoms with Crippen LogP contribution < -0.4 is 5.32 Å². The molecule has 0 heterocycles. The summed E-state index contributed by atoms with van der Waals surface area (Å²) in [6, 6.07) is 4.91. The molecule has 2 N–H and O–H groups in total. The van der Waals surface area contributed by atoms with Crippen molar-refractivity contribution in [1.82, 2.24) is 4.90 Å². The molecule has 0 spiro atoms. The number of rotatable bonds is 4. The molecule has 1 aromatic rings. The Morgan fingerprint density at radius 1 is 1.32 bits per heavy atom. The molecule has 1 aliphatic carbocycles. The molecule has 0 aliphatic heterocycles. The Morgan fingerprint density at radius 3 is 2.50 bits per heavy atom. The third-order valence-corrected chi connectivity index (χ3v) is 4.41. The summed E-state index contributed by atoms with van der Waals surface area (Å²) in [4.78, 5) is 25.6. The van der Waals surface area contributed by atoms with Crippen LogP contribution in [0.5, 0.6) is 0 Å². The van der Waals surface area contributed by atoms with E-state index in [1.54, 1.807) is 25.2 Å². The molecule has 2 unspecified atom stereocenters. The normalized spacial score (nSPS) is 20.7. The number of anilines is 1. The molecule has 2 atom stereocenters. The number of aliphatic hydroxyl groups excluding tert-OH is 1. The van der Waals surface area contributed by atoms with E-state index in [1.165, 1.54) is 4.90 Å². The first-order valence-corrected chi connectivity index (χ1v) is 7.82. The van der Waals surface area contributed by atoms with Gasteiger partial charge in [0.15, 0.2) is 0 Å². The van der Waals surface area contributed by atoms with Crippen molar-refractivity contribution in [2.75, 3.05) is 18.9 Å². The van der Waals surface area contributed by atoms with Gasteiger partial charge < -0.3 is 15.3 Å². The van der Waals surface area contributed by atoms with Crippen LogP contribution in [-0.2, 0) is 9.59 Å². The number of carbonyl (C=O) groups is 2. The van der Waals surface area contributed by atoms with Gasteiger partial charge in [0.1, 0.15) is 0 Å². The first kappa shape index (κ1) is 17.1. The van der Waals surface area contributed by atoms with Crippen LogP contribution >= 0.6 is 23.2 Å². The van der Waals surface area contributed by atoms with E-state index < -0.39 is 17.9 Å². The summed E-state index contributed by atoms with van der Waals surface area (Å²) in [5.41, 5.74) is 0.331. The lowest BCUT2D eigenvalue weighted by molar-refractivity contribution is -0.139. The van der Waals surface area contributed by atoms with Crippen molar-refractivity contribution in [1.29, 1.82) is 0 Å². The highest BCUT2D eigenvalue weighted by molar-refractivity contribution is 6.39. The third-order valence-electron chi connectivity index (χ3n) is 3.78. The monoisotopic (exact) mass is 344 g/mol. The Bertz CT molecular complexity index is 560. The third kappa shape index (κ3) is 3.91. The number of para-hydroxylation sites is 1. The minimum Gasteiger partial charge on any atom is -0.392 e. The minimum atomic E-state index is -0.615. The summed E-state index contributed by atoms with van der Waals surface area (Å²) in [6.45, 7) is -0.121. The predicted molar refractivity (Wildman–Crippen MR) is 86.1 cm³/mol. The van der Waals surface area contributed by atoms with E-state index in [0.717, 1.165) is 6.42 Å². The van der Waals surface area contributed by atoms with Crippen molar-refractivity contribution >= 4 is 40.7 Å². The molecule has 7 heteroatoms. The quantitative estimate of drug-likeness (QED) is 0.881. The van der Waals surface area contributed by atoms with E-state index in [9.17, 15) is 14.7 Å². The van der Waals surface area contributed by atoms with Crippen LogP contribution in [0.4, 0.5) is 5.69 Å². The van der Waals surface area contributed by atoms with Gasteiger partial charge >= 0.3 is 0 Å². The van der Waals surface area contributed by atoms with Gasteiger partial charge in [0.25, 0.3) is 0 Å². The summed E-state index contributed by atoms with van der Waals surface area (Å²) in [5.74, 6) is -1.02. The fourth-order valence-electron chi connectivity index (χ4n) is 2.60. The number of likely N-dealkylation sites (N-methyl/N-ethyl adjacent to an activating group) is 1. The van der Waals surface area contributed by atoms with Crippen LogP contribution in [0.3, 0.4) is 0 Å². The summed E-state index contributed by atoms with van der Waals surface area (Å²) in [7, 11) is 1.54. The van der Waals surface area contributed by atoms with Crippen molar-refractivity contribution in [3.05, 3.63) is 28.2 Å². The standard InChI is InChI=1S/C15H18Cl2N2O3/c1-19(15(22)9-4-2-7-12(9)20)8-13(21)18-14-10(16)5-3-6-11(14)17/h3,5-6,9,12,20H,2,4,7-8H2,1H3,(H,18,21). The van der Waals surface area contributed by atoms with Crippen LogP contribution in [-0.4, -0.2) is 41.5 Å². The zero-order valence-electron chi connectivity index (χ0n) is 12.2. The molecule has 2 rings (SSSR count). The zero-order valence-corrected chi connectivity index (χ0v) is 13.7. The van der Waals surface area contributed by atoms with Crippen LogP contribution in [0.1, 0.15) is 19.3 Å². The Kier molecular flexibility index (Phi) is 5.67. The number of amides is 2. The van der Waals surface area contributed by atoms with Gasteiger partial charge in [0, 0.05) is 7.05 Å². The molecule has 1 aromatic carbocycles. The Labute approximate surface area is 139 Å². The van der Waals surface area contributed by atoms with Gasteiger partial charge in [-0.15, -0.1) is 0 Å². The average Bonchev–Trinajstić information content (AvgIpc) is 2.88. The molecule has 1 aliphatic rings. The molecule has 1 fully saturated rings. The van der Waals surface area contributed by atoms with E-state index >= 15 is 0 Å². The van der Waals surface area contributed by atoms with Crippen molar-refractivity contribution in [2.45, 2.75) is 25.4 Å². The van der Waals surface area contributed by atoms with Gasteiger partial charge in [-0.2, -0.15) is 0 Å². The molecule has 5 nitrogen and oxygen atoms in total. The smallest absolute Gasteiger partial charge is 0.244 e. The topological polar surface area (TPSA) is 69.6 Å². The van der Waals surface area contributed by atoms with Crippen molar-refractivity contribution in [2.24, 2.45) is 5.92 Å².